The van der Waals surface area contributed by atoms with Crippen LogP contribution in [-0.2, 0) is 17.6 Å². The summed E-state index contributed by atoms with van der Waals surface area (Å²) in [7, 11) is 0. The lowest BCUT2D eigenvalue weighted by Gasteiger charge is -2.08. The molecule has 2 rings (SSSR count). The summed E-state index contributed by atoms with van der Waals surface area (Å²) in [5.41, 5.74) is 1.76. The maximum atomic E-state index is 10.8. The molecule has 0 aliphatic rings. The number of nitrogens with zero attached hydrogens (tertiary/aromatic N) is 2. The molecule has 0 aliphatic heterocycles. The van der Waals surface area contributed by atoms with Crippen molar-refractivity contribution in [2.45, 2.75) is 18.0 Å². The fourth-order valence-electron chi connectivity index (χ4n) is 1.88. The summed E-state index contributed by atoms with van der Waals surface area (Å²) in [6.45, 7) is 0.737. The van der Waals surface area contributed by atoms with E-state index in [-0.39, 0.29) is 6.42 Å². The van der Waals surface area contributed by atoms with Crippen molar-refractivity contribution in [3.05, 3.63) is 47.7 Å². The van der Waals surface area contributed by atoms with Crippen LogP contribution in [0.2, 0.25) is 0 Å². The van der Waals surface area contributed by atoms with Gasteiger partial charge in [0.15, 0.2) is 5.16 Å². The number of benzene rings is 1. The number of hydrogen-bond acceptors (Lipinski definition) is 5. The van der Waals surface area contributed by atoms with E-state index in [1.54, 1.807) is 6.07 Å². The number of carboxylic acids is 1. The molecule has 0 fully saturated rings. The predicted octanol–water partition coefficient (Wildman–Crippen LogP) is 2.48. The monoisotopic (exact) mass is 303 g/mol. The third-order valence-electron chi connectivity index (χ3n) is 2.84. The van der Waals surface area contributed by atoms with Crippen molar-refractivity contribution >= 4 is 23.5 Å². The molecule has 110 valence electrons. The van der Waals surface area contributed by atoms with Gasteiger partial charge in [-0.2, -0.15) is 0 Å². The Morgan fingerprint density at radius 2 is 2.05 bits per heavy atom. The first kappa shape index (κ1) is 15.3. The molecule has 0 unspecified atom stereocenters. The molecule has 0 atom stereocenters. The predicted molar refractivity (Wildman–Crippen MR) is 83.8 cm³/mol. The lowest BCUT2D eigenvalue weighted by atomic mass is 10.1. The number of hydrogen-bond donors (Lipinski definition) is 2. The second kappa shape index (κ2) is 7.64. The average Bonchev–Trinajstić information content (AvgIpc) is 2.47. The van der Waals surface area contributed by atoms with Crippen LogP contribution in [0.15, 0.2) is 41.6 Å². The van der Waals surface area contributed by atoms with Gasteiger partial charge >= 0.3 is 5.97 Å². The number of rotatable bonds is 7. The third-order valence-corrected chi connectivity index (χ3v) is 3.38. The van der Waals surface area contributed by atoms with Gasteiger partial charge in [0.05, 0.1) is 12.1 Å². The van der Waals surface area contributed by atoms with Gasteiger partial charge in [0.1, 0.15) is 5.82 Å². The molecule has 5 nitrogen and oxygen atoms in total. The van der Waals surface area contributed by atoms with Gasteiger partial charge in [-0.1, -0.05) is 42.1 Å². The first-order chi connectivity index (χ1) is 10.2. The van der Waals surface area contributed by atoms with E-state index < -0.39 is 5.97 Å². The second-order valence-corrected chi connectivity index (χ2v) is 5.24. The molecule has 0 bridgehead atoms. The van der Waals surface area contributed by atoms with Crippen LogP contribution in [0.3, 0.4) is 0 Å². The maximum Gasteiger partial charge on any atom is 0.309 e. The first-order valence-corrected chi connectivity index (χ1v) is 7.81. The average molecular weight is 303 g/mol. The fourth-order valence-corrected chi connectivity index (χ4v) is 2.28. The molecule has 0 spiro atoms. The second-order valence-electron chi connectivity index (χ2n) is 4.46. The smallest absolute Gasteiger partial charge is 0.309 e. The van der Waals surface area contributed by atoms with Gasteiger partial charge in [-0.3, -0.25) is 4.79 Å². The van der Waals surface area contributed by atoms with Gasteiger partial charge in [-0.05, 0) is 18.2 Å². The molecule has 0 saturated heterocycles. The Bertz CT molecular complexity index is 605. The van der Waals surface area contributed by atoms with Crippen LogP contribution < -0.4 is 5.32 Å². The zero-order chi connectivity index (χ0) is 15.1. The van der Waals surface area contributed by atoms with E-state index in [2.05, 4.69) is 27.4 Å². The number of aromatic nitrogens is 2. The highest BCUT2D eigenvalue weighted by molar-refractivity contribution is 7.98. The molecule has 1 aromatic heterocycles. The molecule has 0 aliphatic carbocycles. The fraction of sp³-hybridized carbons (Fsp3) is 0.267. The molecular formula is C15H17N3O2S. The summed E-state index contributed by atoms with van der Waals surface area (Å²) < 4.78 is 0. The molecule has 0 saturated carbocycles. The zero-order valence-corrected chi connectivity index (χ0v) is 12.6. The van der Waals surface area contributed by atoms with Crippen LogP contribution in [0.1, 0.15) is 11.3 Å². The van der Waals surface area contributed by atoms with E-state index in [4.69, 9.17) is 5.11 Å². The Balaban J connectivity index is 2.00. The standard InChI is InChI=1S/C15H17N3O2S/c1-21-15-17-12(10-14(19)20)9-13(18-15)16-8-7-11-5-3-2-4-6-11/h2-6,9H,7-8,10H2,1H3,(H,19,20)(H,16,17,18). The van der Waals surface area contributed by atoms with Crippen LogP contribution in [-0.4, -0.2) is 33.8 Å². The lowest BCUT2D eigenvalue weighted by molar-refractivity contribution is -0.136. The van der Waals surface area contributed by atoms with Crippen LogP contribution in [0.4, 0.5) is 5.82 Å². The Morgan fingerprint density at radius 3 is 2.71 bits per heavy atom. The summed E-state index contributed by atoms with van der Waals surface area (Å²) in [5, 5.41) is 12.7. The SMILES string of the molecule is CSc1nc(CC(=O)O)cc(NCCc2ccccc2)n1. The molecule has 2 N–H and O–H groups in total. The van der Waals surface area contributed by atoms with Gasteiger partial charge in [-0.15, -0.1) is 0 Å². The highest BCUT2D eigenvalue weighted by Gasteiger charge is 2.07. The first-order valence-electron chi connectivity index (χ1n) is 6.59. The summed E-state index contributed by atoms with van der Waals surface area (Å²) in [6.07, 6.45) is 2.66. The van der Waals surface area contributed by atoms with Crippen molar-refractivity contribution in [3.8, 4) is 0 Å². The summed E-state index contributed by atoms with van der Waals surface area (Å²) in [5.74, 6) is -0.225. The van der Waals surface area contributed by atoms with Crippen LogP contribution in [0, 0.1) is 0 Å². The Morgan fingerprint density at radius 1 is 1.29 bits per heavy atom. The Kier molecular flexibility index (Phi) is 5.57. The lowest BCUT2D eigenvalue weighted by Crippen LogP contribution is -2.10. The molecule has 0 amide bonds. The highest BCUT2D eigenvalue weighted by Crippen LogP contribution is 2.14. The molecule has 2 aromatic rings. The van der Waals surface area contributed by atoms with Crippen molar-refractivity contribution in [1.82, 2.24) is 9.97 Å². The zero-order valence-electron chi connectivity index (χ0n) is 11.7. The van der Waals surface area contributed by atoms with E-state index in [0.717, 1.165) is 13.0 Å². The van der Waals surface area contributed by atoms with Crippen LogP contribution in [0.25, 0.3) is 0 Å². The third kappa shape index (κ3) is 5.07. The topological polar surface area (TPSA) is 75.1 Å². The molecule has 21 heavy (non-hydrogen) atoms. The van der Waals surface area contributed by atoms with Crippen molar-refractivity contribution < 1.29 is 9.90 Å². The molecule has 0 radical (unpaired) electrons. The minimum Gasteiger partial charge on any atom is -0.481 e. The molecule has 1 heterocycles. The maximum absolute atomic E-state index is 10.8. The van der Waals surface area contributed by atoms with E-state index >= 15 is 0 Å². The van der Waals surface area contributed by atoms with E-state index in [9.17, 15) is 4.79 Å². The van der Waals surface area contributed by atoms with Crippen molar-refractivity contribution in [3.63, 3.8) is 0 Å². The molecule has 6 heteroatoms. The van der Waals surface area contributed by atoms with Crippen LogP contribution >= 0.6 is 11.8 Å². The van der Waals surface area contributed by atoms with Crippen molar-refractivity contribution in [2.75, 3.05) is 18.1 Å². The number of thioether (sulfide) groups is 1. The van der Waals surface area contributed by atoms with Crippen molar-refractivity contribution in [1.29, 1.82) is 0 Å². The van der Waals surface area contributed by atoms with Gasteiger partial charge in [0, 0.05) is 12.6 Å². The van der Waals surface area contributed by atoms with E-state index in [1.165, 1.54) is 17.3 Å². The summed E-state index contributed by atoms with van der Waals surface area (Å²) in [6, 6.07) is 11.9. The van der Waals surface area contributed by atoms with Gasteiger partial charge in [0.25, 0.3) is 0 Å². The normalized spacial score (nSPS) is 10.3. The largest absolute Gasteiger partial charge is 0.481 e. The minimum atomic E-state index is -0.893. The summed E-state index contributed by atoms with van der Waals surface area (Å²) in [4.78, 5) is 19.3. The van der Waals surface area contributed by atoms with Gasteiger partial charge in [-0.25, -0.2) is 9.97 Å². The Hall–Kier alpha value is -2.08. The number of carbonyl (C=O) groups is 1. The molecular weight excluding hydrogens is 286 g/mol. The van der Waals surface area contributed by atoms with Crippen molar-refractivity contribution in [2.24, 2.45) is 0 Å². The highest BCUT2D eigenvalue weighted by atomic mass is 32.2. The van der Waals surface area contributed by atoms with E-state index in [1.807, 2.05) is 24.5 Å². The molecule has 1 aromatic carbocycles. The number of nitrogens with one attached hydrogen (secondary N) is 1. The van der Waals surface area contributed by atoms with Gasteiger partial charge in [0.2, 0.25) is 0 Å². The number of aliphatic carboxylic acids is 1. The number of anilines is 1. The quantitative estimate of drug-likeness (QED) is 0.604. The number of carboxylic acid groups (broad SMARTS) is 1. The summed E-state index contributed by atoms with van der Waals surface area (Å²) >= 11 is 1.40. The Labute approximate surface area is 127 Å². The van der Waals surface area contributed by atoms with Crippen LogP contribution in [0.5, 0.6) is 0 Å². The minimum absolute atomic E-state index is 0.0938. The van der Waals surface area contributed by atoms with Gasteiger partial charge < -0.3 is 10.4 Å². The van der Waals surface area contributed by atoms with E-state index in [0.29, 0.717) is 16.7 Å².